The van der Waals surface area contributed by atoms with E-state index < -0.39 is 16.9 Å². The van der Waals surface area contributed by atoms with Gasteiger partial charge in [-0.1, -0.05) is 17.7 Å². The van der Waals surface area contributed by atoms with Crippen LogP contribution in [0.3, 0.4) is 0 Å². The maximum absolute atomic E-state index is 11.8. The highest BCUT2D eigenvalue weighted by atomic mass is 32.2. The highest BCUT2D eigenvalue weighted by molar-refractivity contribution is 7.85. The molecule has 0 radical (unpaired) electrons. The lowest BCUT2D eigenvalue weighted by Gasteiger charge is -2.14. The van der Waals surface area contributed by atoms with Crippen LogP contribution in [0.4, 0.5) is 0 Å². The van der Waals surface area contributed by atoms with Crippen molar-refractivity contribution in [2.24, 2.45) is 0 Å². The molecule has 14 heavy (non-hydrogen) atoms. The molecule has 1 rings (SSSR count). The van der Waals surface area contributed by atoms with E-state index in [0.29, 0.717) is 0 Å². The third-order valence-corrected chi connectivity index (χ3v) is 4.08. The molecule has 0 aliphatic carbocycles. The Morgan fingerprint density at radius 1 is 1.21 bits per heavy atom. The van der Waals surface area contributed by atoms with Crippen molar-refractivity contribution in [1.82, 2.24) is 0 Å². The van der Waals surface area contributed by atoms with Crippen molar-refractivity contribution in [2.75, 3.05) is 0 Å². The van der Waals surface area contributed by atoms with Crippen molar-refractivity contribution < 1.29 is 9.32 Å². The van der Waals surface area contributed by atoms with E-state index in [0.717, 1.165) is 10.5 Å². The zero-order valence-electron chi connectivity index (χ0n) is 8.73. The molecule has 0 aliphatic rings. The molecule has 0 aromatic heterocycles. The molecule has 0 amide bonds. The van der Waals surface area contributed by atoms with E-state index in [1.165, 1.54) is 0 Å². The lowest BCUT2D eigenvalue weighted by molar-refractivity contribution is 0.194. The highest BCUT2D eigenvalue weighted by Crippen LogP contribution is 2.14. The highest BCUT2D eigenvalue weighted by Gasteiger charge is 2.17. The van der Waals surface area contributed by atoms with Gasteiger partial charge < -0.3 is 5.11 Å². The van der Waals surface area contributed by atoms with Crippen LogP contribution < -0.4 is 0 Å². The van der Waals surface area contributed by atoms with E-state index in [4.69, 9.17) is 0 Å². The number of benzene rings is 1. The normalized spacial score (nSPS) is 17.4. The van der Waals surface area contributed by atoms with Gasteiger partial charge in [-0.15, -0.1) is 0 Å². The van der Waals surface area contributed by atoms with Crippen LogP contribution in [0.25, 0.3) is 0 Å². The van der Waals surface area contributed by atoms with E-state index in [1.54, 1.807) is 13.8 Å². The summed E-state index contributed by atoms with van der Waals surface area (Å²) in [6.45, 7) is 5.45. The van der Waals surface area contributed by atoms with Gasteiger partial charge in [0.15, 0.2) is 0 Å². The first-order valence-corrected chi connectivity index (χ1v) is 5.89. The predicted molar refractivity (Wildman–Crippen MR) is 58.7 cm³/mol. The van der Waals surface area contributed by atoms with Crippen LogP contribution in [0.2, 0.25) is 0 Å². The summed E-state index contributed by atoms with van der Waals surface area (Å²) < 4.78 is 11.8. The van der Waals surface area contributed by atoms with E-state index in [1.807, 2.05) is 31.2 Å². The number of rotatable bonds is 3. The van der Waals surface area contributed by atoms with Gasteiger partial charge in [0, 0.05) is 4.90 Å². The molecular formula is C11H16O2S. The minimum atomic E-state index is -1.12. The van der Waals surface area contributed by atoms with Crippen molar-refractivity contribution in [3.63, 3.8) is 0 Å². The Bertz CT molecular complexity index is 317. The average Bonchev–Trinajstić information content (AvgIpc) is 2.16. The zero-order valence-corrected chi connectivity index (χ0v) is 9.54. The van der Waals surface area contributed by atoms with Gasteiger partial charge in [0.1, 0.15) is 0 Å². The van der Waals surface area contributed by atoms with Gasteiger partial charge in [-0.2, -0.15) is 0 Å². The van der Waals surface area contributed by atoms with E-state index in [-0.39, 0.29) is 5.25 Å². The SMILES string of the molecule is Cc1ccc([S@](=O)[C@@H](C)[C@@H](C)O)cc1. The zero-order chi connectivity index (χ0) is 10.7. The van der Waals surface area contributed by atoms with E-state index >= 15 is 0 Å². The second-order valence-electron chi connectivity index (χ2n) is 3.56. The van der Waals surface area contributed by atoms with Crippen LogP contribution in [0, 0.1) is 6.92 Å². The molecule has 2 nitrogen and oxygen atoms in total. The third kappa shape index (κ3) is 2.66. The number of aryl methyl sites for hydroxylation is 1. The van der Waals surface area contributed by atoms with Crippen LogP contribution in [0.1, 0.15) is 19.4 Å². The van der Waals surface area contributed by atoms with Crippen molar-refractivity contribution in [1.29, 1.82) is 0 Å². The Balaban J connectivity index is 2.84. The summed E-state index contributed by atoms with van der Waals surface area (Å²) in [6.07, 6.45) is -0.544. The summed E-state index contributed by atoms with van der Waals surface area (Å²) in [5.74, 6) is 0. The minimum absolute atomic E-state index is 0.224. The minimum Gasteiger partial charge on any atom is -0.392 e. The predicted octanol–water partition coefficient (Wildman–Crippen LogP) is 1.87. The molecule has 0 saturated heterocycles. The molecule has 3 heteroatoms. The van der Waals surface area contributed by atoms with Gasteiger partial charge in [0.05, 0.1) is 22.2 Å². The quantitative estimate of drug-likeness (QED) is 0.830. The molecular weight excluding hydrogens is 196 g/mol. The number of aliphatic hydroxyl groups is 1. The van der Waals surface area contributed by atoms with Crippen molar-refractivity contribution >= 4 is 10.8 Å². The molecule has 1 N–H and O–H groups in total. The molecule has 3 atom stereocenters. The largest absolute Gasteiger partial charge is 0.392 e. The molecule has 0 unspecified atom stereocenters. The maximum Gasteiger partial charge on any atom is 0.0656 e. The lowest BCUT2D eigenvalue weighted by Crippen LogP contribution is -2.24. The first kappa shape index (κ1) is 11.4. The fraction of sp³-hybridized carbons (Fsp3) is 0.455. The van der Waals surface area contributed by atoms with E-state index in [9.17, 15) is 9.32 Å². The van der Waals surface area contributed by atoms with E-state index in [2.05, 4.69) is 0 Å². The molecule has 0 fully saturated rings. The van der Waals surface area contributed by atoms with Crippen molar-refractivity contribution in [3.8, 4) is 0 Å². The summed E-state index contributed by atoms with van der Waals surface area (Å²) in [4.78, 5) is 0.781. The number of hydrogen-bond acceptors (Lipinski definition) is 2. The number of hydrogen-bond donors (Lipinski definition) is 1. The summed E-state index contributed by atoms with van der Waals surface area (Å²) >= 11 is 0. The fourth-order valence-corrected chi connectivity index (χ4v) is 2.26. The maximum atomic E-state index is 11.8. The summed E-state index contributed by atoms with van der Waals surface area (Å²) in [6, 6.07) is 7.57. The third-order valence-electron chi connectivity index (χ3n) is 2.27. The van der Waals surface area contributed by atoms with Crippen molar-refractivity contribution in [2.45, 2.75) is 37.0 Å². The first-order chi connectivity index (χ1) is 6.52. The molecule has 0 aliphatic heterocycles. The van der Waals surface area contributed by atoms with Crippen LogP contribution in [-0.2, 0) is 10.8 Å². The standard InChI is InChI=1S/C11H16O2S/c1-8-4-6-11(7-5-8)14(13)10(3)9(2)12/h4-7,9-10,12H,1-3H3/t9-,10+,14-/m1/s1. The fourth-order valence-electron chi connectivity index (χ4n) is 1.07. The van der Waals surface area contributed by atoms with Gasteiger partial charge in [-0.05, 0) is 32.9 Å². The molecule has 1 aromatic carbocycles. The summed E-state index contributed by atoms with van der Waals surface area (Å²) in [7, 11) is -1.12. The Hall–Kier alpha value is -0.670. The Morgan fingerprint density at radius 2 is 1.71 bits per heavy atom. The topological polar surface area (TPSA) is 37.3 Å². The van der Waals surface area contributed by atoms with Gasteiger partial charge in [0.25, 0.3) is 0 Å². The molecule has 0 saturated carbocycles. The molecule has 78 valence electrons. The van der Waals surface area contributed by atoms with Gasteiger partial charge in [-0.25, -0.2) is 0 Å². The average molecular weight is 212 g/mol. The number of aliphatic hydroxyl groups excluding tert-OH is 1. The molecule has 0 spiro atoms. The molecule has 1 aromatic rings. The van der Waals surface area contributed by atoms with Crippen molar-refractivity contribution in [3.05, 3.63) is 29.8 Å². The Labute approximate surface area is 87.4 Å². The van der Waals surface area contributed by atoms with Gasteiger partial charge in [0.2, 0.25) is 0 Å². The second-order valence-corrected chi connectivity index (χ2v) is 5.37. The summed E-state index contributed by atoms with van der Waals surface area (Å²) in [5, 5.41) is 9.09. The lowest BCUT2D eigenvalue weighted by atomic mass is 10.2. The first-order valence-electron chi connectivity index (χ1n) is 4.67. The molecule has 0 bridgehead atoms. The van der Waals surface area contributed by atoms with Crippen LogP contribution in [0.5, 0.6) is 0 Å². The van der Waals surface area contributed by atoms with Crippen LogP contribution in [-0.4, -0.2) is 20.7 Å². The second kappa shape index (κ2) is 4.71. The smallest absolute Gasteiger partial charge is 0.0656 e. The van der Waals surface area contributed by atoms with Crippen LogP contribution in [0.15, 0.2) is 29.2 Å². The van der Waals surface area contributed by atoms with Crippen LogP contribution >= 0.6 is 0 Å². The monoisotopic (exact) mass is 212 g/mol. The Kier molecular flexibility index (Phi) is 3.84. The Morgan fingerprint density at radius 3 is 2.14 bits per heavy atom. The van der Waals surface area contributed by atoms with Gasteiger partial charge >= 0.3 is 0 Å². The molecule has 0 heterocycles. The summed E-state index contributed by atoms with van der Waals surface area (Å²) in [5.41, 5.74) is 1.15. The van der Waals surface area contributed by atoms with Gasteiger partial charge in [-0.3, -0.25) is 4.21 Å².